The normalized spacial score (nSPS) is 18.1. The van der Waals surface area contributed by atoms with E-state index in [2.05, 4.69) is 5.32 Å². The first-order valence-corrected chi connectivity index (χ1v) is 11.2. The van der Waals surface area contributed by atoms with Crippen LogP contribution in [0.3, 0.4) is 0 Å². The smallest absolute Gasteiger partial charge is 0.310 e. The maximum Gasteiger partial charge on any atom is 0.310 e. The van der Waals surface area contributed by atoms with Gasteiger partial charge in [-0.3, -0.25) is 9.59 Å². The monoisotopic (exact) mass is 474 g/mol. The Morgan fingerprint density at radius 2 is 1.94 bits per heavy atom. The molecule has 1 unspecified atom stereocenters. The molecule has 1 aromatic heterocycles. The summed E-state index contributed by atoms with van der Waals surface area (Å²) in [5.74, 6) is -0.487. The van der Waals surface area contributed by atoms with E-state index < -0.39 is 5.54 Å². The fraction of sp³-hybridized carbons (Fsp3) is 0.333. The van der Waals surface area contributed by atoms with Gasteiger partial charge in [-0.1, -0.05) is 47.5 Å². The summed E-state index contributed by atoms with van der Waals surface area (Å²) in [5, 5.41) is 4.79. The number of carbonyl (C=O) groups excluding carboxylic acids is 2. The molecule has 1 atom stereocenters. The molecule has 0 radical (unpaired) electrons. The van der Waals surface area contributed by atoms with E-state index in [0.29, 0.717) is 42.0 Å². The molecule has 4 rings (SSSR count). The molecule has 8 heteroatoms. The summed E-state index contributed by atoms with van der Waals surface area (Å²) in [5.41, 5.74) is 2.43. The summed E-state index contributed by atoms with van der Waals surface area (Å²) in [7, 11) is 1.82. The molecule has 1 amide bonds. The molecule has 168 valence electrons. The van der Waals surface area contributed by atoms with Gasteiger partial charge >= 0.3 is 5.97 Å². The lowest BCUT2D eigenvalue weighted by Gasteiger charge is -2.29. The van der Waals surface area contributed by atoms with Gasteiger partial charge in [0.25, 0.3) is 5.91 Å². The van der Waals surface area contributed by atoms with Gasteiger partial charge in [0.05, 0.1) is 35.2 Å². The lowest BCUT2D eigenvalue weighted by molar-refractivity contribution is -0.142. The molecule has 3 aromatic rings. The van der Waals surface area contributed by atoms with Crippen molar-refractivity contribution in [2.45, 2.75) is 25.3 Å². The molecule has 1 N–H and O–H groups in total. The summed E-state index contributed by atoms with van der Waals surface area (Å²) < 4.78 is 12.5. The van der Waals surface area contributed by atoms with Crippen LogP contribution in [0.15, 0.2) is 42.5 Å². The number of esters is 1. The predicted molar refractivity (Wildman–Crippen MR) is 124 cm³/mol. The van der Waals surface area contributed by atoms with E-state index in [4.69, 9.17) is 32.7 Å². The van der Waals surface area contributed by atoms with Crippen LogP contribution in [0.2, 0.25) is 10.0 Å². The number of carbonyl (C=O) groups is 2. The average Bonchev–Trinajstić information content (AvgIpc) is 3.37. The molecule has 1 aliphatic rings. The van der Waals surface area contributed by atoms with Crippen molar-refractivity contribution in [2.24, 2.45) is 7.05 Å². The molecule has 0 bridgehead atoms. The second-order valence-electron chi connectivity index (χ2n) is 7.90. The number of amides is 1. The zero-order valence-corrected chi connectivity index (χ0v) is 19.4. The topological polar surface area (TPSA) is 69.6 Å². The van der Waals surface area contributed by atoms with Crippen molar-refractivity contribution in [2.75, 3.05) is 19.8 Å². The van der Waals surface area contributed by atoms with Crippen molar-refractivity contribution in [3.8, 4) is 0 Å². The van der Waals surface area contributed by atoms with Crippen LogP contribution in [0, 0.1) is 0 Å². The fourth-order valence-corrected chi connectivity index (χ4v) is 4.51. The molecule has 32 heavy (non-hydrogen) atoms. The third kappa shape index (κ3) is 4.22. The highest BCUT2D eigenvalue weighted by Crippen LogP contribution is 2.34. The van der Waals surface area contributed by atoms with Crippen LogP contribution in [0.5, 0.6) is 0 Å². The van der Waals surface area contributed by atoms with Gasteiger partial charge in [-0.15, -0.1) is 0 Å². The molecule has 1 fully saturated rings. The highest BCUT2D eigenvalue weighted by atomic mass is 35.5. The van der Waals surface area contributed by atoms with E-state index in [1.165, 1.54) is 0 Å². The number of rotatable bonds is 6. The highest BCUT2D eigenvalue weighted by molar-refractivity contribution is 6.45. The zero-order valence-electron chi connectivity index (χ0n) is 17.9. The predicted octanol–water partition coefficient (Wildman–Crippen LogP) is 4.64. The Morgan fingerprint density at radius 1 is 1.19 bits per heavy atom. The Kier molecular flexibility index (Phi) is 6.47. The Bertz CT molecular complexity index is 1160. The van der Waals surface area contributed by atoms with E-state index in [1.54, 1.807) is 23.6 Å². The summed E-state index contributed by atoms with van der Waals surface area (Å²) >= 11 is 12.5. The second-order valence-corrected chi connectivity index (χ2v) is 8.69. The quantitative estimate of drug-likeness (QED) is 0.528. The van der Waals surface area contributed by atoms with Crippen LogP contribution in [-0.4, -0.2) is 36.3 Å². The lowest BCUT2D eigenvalue weighted by atomic mass is 9.88. The summed E-state index contributed by atoms with van der Waals surface area (Å²) in [4.78, 5) is 25.1. The number of nitrogens with one attached hydrogen (secondary N) is 1. The number of ether oxygens (including phenoxy) is 2. The molecular weight excluding hydrogens is 451 g/mol. The third-order valence-corrected chi connectivity index (χ3v) is 6.70. The van der Waals surface area contributed by atoms with Crippen molar-refractivity contribution < 1.29 is 19.1 Å². The molecule has 1 saturated heterocycles. The number of benzene rings is 2. The highest BCUT2D eigenvalue weighted by Gasteiger charge is 2.39. The molecule has 2 aromatic carbocycles. The molecule has 0 aliphatic carbocycles. The van der Waals surface area contributed by atoms with Crippen molar-refractivity contribution in [1.29, 1.82) is 0 Å². The number of fused-ring (bicyclic) bond motifs is 1. The molecule has 1 aliphatic heterocycles. The molecule has 0 spiro atoms. The number of nitrogens with zero attached hydrogens (tertiary/aromatic N) is 1. The zero-order chi connectivity index (χ0) is 22.9. The largest absolute Gasteiger partial charge is 0.466 e. The van der Waals surface area contributed by atoms with Crippen LogP contribution >= 0.6 is 23.2 Å². The molecule has 6 nitrogen and oxygen atoms in total. The minimum absolute atomic E-state index is 0.212. The fourth-order valence-electron chi connectivity index (χ4n) is 4.13. The van der Waals surface area contributed by atoms with Crippen LogP contribution in [-0.2, 0) is 33.3 Å². The van der Waals surface area contributed by atoms with Crippen LogP contribution < -0.4 is 5.32 Å². The first-order valence-electron chi connectivity index (χ1n) is 10.4. The van der Waals surface area contributed by atoms with Crippen LogP contribution in [0.25, 0.3) is 10.9 Å². The first kappa shape index (κ1) is 22.6. The van der Waals surface area contributed by atoms with E-state index in [1.807, 2.05) is 37.4 Å². The first-order chi connectivity index (χ1) is 15.3. The molecule has 2 heterocycles. The summed E-state index contributed by atoms with van der Waals surface area (Å²) in [6, 6.07) is 13.0. The van der Waals surface area contributed by atoms with Gasteiger partial charge < -0.3 is 19.4 Å². The Morgan fingerprint density at radius 3 is 2.59 bits per heavy atom. The minimum atomic E-state index is -0.655. The van der Waals surface area contributed by atoms with E-state index in [-0.39, 0.29) is 18.3 Å². The van der Waals surface area contributed by atoms with Gasteiger partial charge in [0, 0.05) is 31.0 Å². The van der Waals surface area contributed by atoms with Gasteiger partial charge in [0.15, 0.2) is 0 Å². The number of aryl methyl sites for hydroxylation is 1. The summed E-state index contributed by atoms with van der Waals surface area (Å²) in [6.07, 6.45) is 0.857. The minimum Gasteiger partial charge on any atom is -0.466 e. The number of hydrogen-bond donors (Lipinski definition) is 1. The average molecular weight is 475 g/mol. The van der Waals surface area contributed by atoms with Gasteiger partial charge in [-0.25, -0.2) is 0 Å². The van der Waals surface area contributed by atoms with Crippen LogP contribution in [0.1, 0.15) is 35.0 Å². The Labute approximate surface area is 196 Å². The third-order valence-electron chi connectivity index (χ3n) is 5.88. The maximum absolute atomic E-state index is 13.3. The van der Waals surface area contributed by atoms with Crippen molar-refractivity contribution in [1.82, 2.24) is 9.88 Å². The van der Waals surface area contributed by atoms with Gasteiger partial charge in [-0.2, -0.15) is 0 Å². The van der Waals surface area contributed by atoms with E-state index >= 15 is 0 Å². The van der Waals surface area contributed by atoms with Crippen molar-refractivity contribution >= 4 is 46.0 Å². The summed E-state index contributed by atoms with van der Waals surface area (Å²) in [6.45, 7) is 3.05. The number of halogens is 2. The Hall–Kier alpha value is -2.54. The SMILES string of the molecule is CCOC(=O)Cc1ccc(C2(NC(=O)c3cc4c(Cl)c(Cl)ccc4n3C)CCOC2)cc1. The molecular formula is C24H24Cl2N2O4. The van der Waals surface area contributed by atoms with Crippen molar-refractivity contribution in [3.05, 3.63) is 69.3 Å². The molecule has 0 saturated carbocycles. The second kappa shape index (κ2) is 9.14. The van der Waals surface area contributed by atoms with E-state index in [9.17, 15) is 9.59 Å². The van der Waals surface area contributed by atoms with Gasteiger partial charge in [0.2, 0.25) is 0 Å². The number of hydrogen-bond acceptors (Lipinski definition) is 4. The Balaban J connectivity index is 1.60. The van der Waals surface area contributed by atoms with Crippen molar-refractivity contribution in [3.63, 3.8) is 0 Å². The number of aromatic nitrogens is 1. The lowest BCUT2D eigenvalue weighted by Crippen LogP contribution is -2.47. The van der Waals surface area contributed by atoms with Crippen LogP contribution in [0.4, 0.5) is 0 Å². The standard InChI is InChI=1S/C24H24Cl2N2O4/c1-3-32-21(29)12-15-4-6-16(7-5-15)24(10-11-31-14-24)27-23(30)20-13-17-19(28(20)2)9-8-18(25)22(17)26/h4-9,13H,3,10-12,14H2,1-2H3,(H,27,30). The van der Waals surface area contributed by atoms with Gasteiger partial charge in [-0.05, 0) is 36.2 Å². The van der Waals surface area contributed by atoms with E-state index in [0.717, 1.165) is 22.0 Å². The maximum atomic E-state index is 13.3. The van der Waals surface area contributed by atoms with Gasteiger partial charge in [0.1, 0.15) is 5.69 Å².